The molecule has 6 nitrogen and oxygen atoms in total. The van der Waals surface area contributed by atoms with Gasteiger partial charge in [-0.05, 0) is 55.9 Å². The monoisotopic (exact) mass is 428 g/mol. The summed E-state index contributed by atoms with van der Waals surface area (Å²) < 4.78 is 10.7. The summed E-state index contributed by atoms with van der Waals surface area (Å²) in [5.74, 6) is 2.87. The van der Waals surface area contributed by atoms with E-state index in [9.17, 15) is 4.79 Å². The minimum atomic E-state index is 0.00724. The van der Waals surface area contributed by atoms with Crippen LogP contribution in [0, 0.1) is 5.92 Å². The molecule has 2 N–H and O–H groups in total. The fourth-order valence-electron chi connectivity index (χ4n) is 4.27. The van der Waals surface area contributed by atoms with Crippen molar-refractivity contribution in [3.8, 4) is 11.5 Å². The number of thiophene rings is 1. The van der Waals surface area contributed by atoms with E-state index in [0.717, 1.165) is 58.9 Å². The lowest BCUT2D eigenvalue weighted by Gasteiger charge is -2.21. The van der Waals surface area contributed by atoms with Crippen LogP contribution in [-0.2, 0) is 19.4 Å². The summed E-state index contributed by atoms with van der Waals surface area (Å²) in [7, 11) is 5.40. The number of nitrogens with zero attached hydrogens (tertiary/aromatic N) is 1. The quantitative estimate of drug-likeness (QED) is 0.634. The number of nitrogens with one attached hydrogen (secondary N) is 2. The Hall–Kier alpha value is -2.38. The molecule has 1 aromatic carbocycles. The van der Waals surface area contributed by atoms with Crippen molar-refractivity contribution < 1.29 is 14.4 Å². The summed E-state index contributed by atoms with van der Waals surface area (Å²) in [6.07, 6.45) is 3.19. The van der Waals surface area contributed by atoms with E-state index >= 15 is 0 Å². The minimum absolute atomic E-state index is 0.00724. The van der Waals surface area contributed by atoms with Gasteiger partial charge in [-0.3, -0.25) is 4.79 Å². The van der Waals surface area contributed by atoms with Gasteiger partial charge in [0.15, 0.2) is 17.3 Å². The highest BCUT2D eigenvalue weighted by Crippen LogP contribution is 2.35. The van der Waals surface area contributed by atoms with Gasteiger partial charge >= 0.3 is 0 Å². The van der Waals surface area contributed by atoms with Gasteiger partial charge in [-0.1, -0.05) is 6.92 Å². The molecule has 7 heteroatoms. The molecule has 1 aliphatic carbocycles. The Balaban J connectivity index is 1.60. The first-order valence-electron chi connectivity index (χ1n) is 10.5. The smallest absolute Gasteiger partial charge is 0.260 e. The number of aromatic nitrogens is 2. The maximum Gasteiger partial charge on any atom is 0.260 e. The molecule has 3 aromatic rings. The van der Waals surface area contributed by atoms with E-state index in [0.29, 0.717) is 5.92 Å². The Morgan fingerprint density at radius 2 is 2.07 bits per heavy atom. The lowest BCUT2D eigenvalue weighted by molar-refractivity contribution is -0.924. The van der Waals surface area contributed by atoms with Crippen molar-refractivity contribution >= 4 is 21.6 Å². The molecule has 0 aliphatic heterocycles. The predicted octanol–water partition coefficient (Wildman–Crippen LogP) is 2.90. The van der Waals surface area contributed by atoms with E-state index in [1.807, 2.05) is 18.2 Å². The summed E-state index contributed by atoms with van der Waals surface area (Å²) in [5.41, 5.74) is 2.38. The van der Waals surface area contributed by atoms with Crippen molar-refractivity contribution in [2.45, 2.75) is 45.7 Å². The van der Waals surface area contributed by atoms with Crippen LogP contribution in [0.15, 0.2) is 23.0 Å². The SMILES string of the molecule is COc1ccc(C[NH+](C)[C@H](C)c2nc3sc4c(c3c(=O)[nH]2)CC[C@@H](C)C4)cc1OC. The van der Waals surface area contributed by atoms with Crippen LogP contribution >= 0.6 is 11.3 Å². The third kappa shape index (κ3) is 3.84. The highest BCUT2D eigenvalue weighted by atomic mass is 32.1. The van der Waals surface area contributed by atoms with Crippen LogP contribution in [0.2, 0.25) is 0 Å². The number of hydrogen-bond acceptors (Lipinski definition) is 5. The lowest BCUT2D eigenvalue weighted by Crippen LogP contribution is -3.07. The van der Waals surface area contributed by atoms with Crippen molar-refractivity contribution in [1.82, 2.24) is 9.97 Å². The Morgan fingerprint density at radius 3 is 2.80 bits per heavy atom. The number of fused-ring (bicyclic) bond motifs is 3. The molecular weight excluding hydrogens is 398 g/mol. The van der Waals surface area contributed by atoms with E-state index in [1.54, 1.807) is 25.6 Å². The second-order valence-corrected chi connectivity index (χ2v) is 9.50. The fraction of sp³-hybridized carbons (Fsp3) is 0.478. The number of quaternary nitrogens is 1. The molecule has 3 atom stereocenters. The highest BCUT2D eigenvalue weighted by Gasteiger charge is 2.25. The summed E-state index contributed by atoms with van der Waals surface area (Å²) in [5, 5.41) is 0.815. The molecule has 0 saturated heterocycles. The molecule has 0 spiro atoms. The van der Waals surface area contributed by atoms with Gasteiger partial charge in [0.2, 0.25) is 0 Å². The van der Waals surface area contributed by atoms with Crippen LogP contribution in [0.5, 0.6) is 11.5 Å². The van der Waals surface area contributed by atoms with Crippen molar-refractivity contribution in [1.29, 1.82) is 0 Å². The van der Waals surface area contributed by atoms with Gasteiger partial charge in [0.1, 0.15) is 17.4 Å². The topological polar surface area (TPSA) is 68.7 Å². The largest absolute Gasteiger partial charge is 0.493 e. The number of rotatable bonds is 6. The molecule has 30 heavy (non-hydrogen) atoms. The molecule has 1 unspecified atom stereocenters. The van der Waals surface area contributed by atoms with Crippen molar-refractivity contribution in [3.05, 3.63) is 50.4 Å². The zero-order valence-corrected chi connectivity index (χ0v) is 19.1. The second-order valence-electron chi connectivity index (χ2n) is 8.42. The predicted molar refractivity (Wildman–Crippen MR) is 120 cm³/mol. The first-order chi connectivity index (χ1) is 14.4. The van der Waals surface area contributed by atoms with Crippen LogP contribution in [0.1, 0.15) is 48.1 Å². The molecule has 4 rings (SSSR count). The van der Waals surface area contributed by atoms with Gasteiger partial charge in [0.05, 0.1) is 26.7 Å². The van der Waals surface area contributed by atoms with Crippen LogP contribution < -0.4 is 19.9 Å². The Kier molecular flexibility index (Phi) is 5.84. The molecule has 0 saturated carbocycles. The molecule has 0 fully saturated rings. The number of H-pyrrole nitrogens is 1. The summed E-state index contributed by atoms with van der Waals surface area (Å²) >= 11 is 1.70. The fourth-order valence-corrected chi connectivity index (χ4v) is 5.66. The molecule has 0 radical (unpaired) electrons. The normalized spacial score (nSPS) is 18.1. The zero-order chi connectivity index (χ0) is 21.4. The Morgan fingerprint density at radius 1 is 1.30 bits per heavy atom. The lowest BCUT2D eigenvalue weighted by atomic mass is 9.89. The van der Waals surface area contributed by atoms with Crippen LogP contribution in [0.3, 0.4) is 0 Å². The Bertz CT molecular complexity index is 1120. The average molecular weight is 429 g/mol. The van der Waals surface area contributed by atoms with Gasteiger partial charge in [-0.15, -0.1) is 11.3 Å². The van der Waals surface area contributed by atoms with Crippen molar-refractivity contribution in [3.63, 3.8) is 0 Å². The molecule has 0 bridgehead atoms. The van der Waals surface area contributed by atoms with Crippen LogP contribution in [0.25, 0.3) is 10.2 Å². The summed E-state index contributed by atoms with van der Waals surface area (Å²) in [4.78, 5) is 24.4. The second kappa shape index (κ2) is 8.40. The number of aryl methyl sites for hydroxylation is 1. The summed E-state index contributed by atoms with van der Waals surface area (Å²) in [6.45, 7) is 5.17. The maximum absolute atomic E-state index is 12.9. The van der Waals surface area contributed by atoms with E-state index in [2.05, 4.69) is 25.9 Å². The van der Waals surface area contributed by atoms with Crippen molar-refractivity contribution in [2.75, 3.05) is 21.3 Å². The third-order valence-electron chi connectivity index (χ3n) is 6.26. The van der Waals surface area contributed by atoms with Crippen LogP contribution in [-0.4, -0.2) is 31.2 Å². The van der Waals surface area contributed by atoms with Gasteiger partial charge < -0.3 is 19.4 Å². The highest BCUT2D eigenvalue weighted by molar-refractivity contribution is 7.18. The standard InChI is InChI=1S/C23H29N3O3S/c1-13-6-8-16-19(10-13)30-23-20(16)22(27)24-21(25-23)14(2)26(3)12-15-7-9-17(28-4)18(11-15)29-5/h7,9,11,13-14H,6,8,10,12H2,1-5H3,(H,24,25,27)/p+1/t13-,14-/m1/s1. The van der Waals surface area contributed by atoms with E-state index in [-0.39, 0.29) is 11.6 Å². The van der Waals surface area contributed by atoms with Crippen LogP contribution in [0.4, 0.5) is 0 Å². The van der Waals surface area contributed by atoms with Gasteiger partial charge in [0.25, 0.3) is 5.56 Å². The zero-order valence-electron chi connectivity index (χ0n) is 18.3. The maximum atomic E-state index is 12.9. The molecule has 160 valence electrons. The first-order valence-corrected chi connectivity index (χ1v) is 11.3. The van der Waals surface area contributed by atoms with E-state index in [1.165, 1.54) is 15.3 Å². The third-order valence-corrected chi connectivity index (χ3v) is 7.41. The number of methoxy groups -OCH3 is 2. The molecule has 0 amide bonds. The first kappa shape index (κ1) is 20.9. The molecule has 2 heterocycles. The average Bonchev–Trinajstić information content (AvgIpc) is 3.10. The van der Waals surface area contributed by atoms with Crippen molar-refractivity contribution in [2.24, 2.45) is 5.92 Å². The van der Waals surface area contributed by atoms with Gasteiger partial charge in [0, 0.05) is 10.4 Å². The Labute approximate surface area is 180 Å². The van der Waals surface area contributed by atoms with Gasteiger partial charge in [-0.2, -0.15) is 0 Å². The van der Waals surface area contributed by atoms with E-state index < -0.39 is 0 Å². The number of benzene rings is 1. The minimum Gasteiger partial charge on any atom is -0.493 e. The molecular formula is C23H30N3O3S+. The number of ether oxygens (including phenoxy) is 2. The summed E-state index contributed by atoms with van der Waals surface area (Å²) in [6, 6.07) is 6.03. The van der Waals surface area contributed by atoms with Gasteiger partial charge in [-0.25, -0.2) is 4.98 Å². The number of hydrogen-bond donors (Lipinski definition) is 2. The molecule has 1 aliphatic rings. The number of aromatic amines is 1. The van der Waals surface area contributed by atoms with E-state index in [4.69, 9.17) is 14.5 Å². The molecule has 2 aromatic heterocycles.